The molecule has 368 valence electrons. The van der Waals surface area contributed by atoms with Crippen LogP contribution in [0.4, 0.5) is 11.4 Å². The molecule has 5 aliphatic rings. The monoisotopic (exact) mass is 989 g/mol. The van der Waals surface area contributed by atoms with Gasteiger partial charge in [0.15, 0.2) is 0 Å². The average Bonchev–Trinajstić information content (AvgIpc) is 4.20. The fourth-order valence-electron chi connectivity index (χ4n) is 14.9. The Morgan fingerprint density at radius 2 is 1.08 bits per heavy atom. The fraction of sp³-hybridized carbons (Fsp3) is 0.135. The first-order chi connectivity index (χ1) is 38.2. The average molecular weight is 990 g/mol. The highest BCUT2D eigenvalue weighted by molar-refractivity contribution is 6.18. The lowest BCUT2D eigenvalue weighted by Crippen LogP contribution is -2.33. The molecular weight excluding hydrogens is 935 g/mol. The Morgan fingerprint density at radius 3 is 1.77 bits per heavy atom. The molecule has 1 fully saturated rings. The Morgan fingerprint density at radius 1 is 0.494 bits per heavy atom. The van der Waals surface area contributed by atoms with Gasteiger partial charge in [0.2, 0.25) is 0 Å². The van der Waals surface area contributed by atoms with Crippen LogP contribution >= 0.6 is 0 Å². The number of para-hydroxylation sites is 3. The van der Waals surface area contributed by atoms with Gasteiger partial charge < -0.3 is 14.1 Å². The summed E-state index contributed by atoms with van der Waals surface area (Å²) in [4.78, 5) is 2.55. The molecule has 4 aliphatic carbocycles. The molecule has 1 aliphatic heterocycles. The maximum atomic E-state index is 7.49. The Hall–Kier alpha value is -8.92. The molecule has 10 aromatic carbocycles. The summed E-state index contributed by atoms with van der Waals surface area (Å²) in [7, 11) is 0. The molecule has 0 atom stereocenters. The van der Waals surface area contributed by atoms with Gasteiger partial charge in [0.05, 0.1) is 16.5 Å². The first-order valence-electron chi connectivity index (χ1n) is 27.8. The zero-order chi connectivity index (χ0) is 50.7. The lowest BCUT2D eigenvalue weighted by molar-refractivity contribution is 0.400. The van der Waals surface area contributed by atoms with Crippen molar-refractivity contribution < 1.29 is 9.15 Å². The van der Waals surface area contributed by atoms with Crippen molar-refractivity contribution in [2.75, 3.05) is 4.90 Å². The van der Waals surface area contributed by atoms with E-state index in [0.717, 1.165) is 86.8 Å². The number of rotatable bonds is 7. The summed E-state index contributed by atoms with van der Waals surface area (Å²) in [6.07, 6.45) is 20.0. The normalized spacial score (nSPS) is 16.4. The van der Waals surface area contributed by atoms with Crippen molar-refractivity contribution in [1.82, 2.24) is 0 Å². The van der Waals surface area contributed by atoms with Crippen LogP contribution in [0, 0.1) is 0 Å². The van der Waals surface area contributed by atoms with Gasteiger partial charge in [-0.25, -0.2) is 0 Å². The second kappa shape index (κ2) is 17.3. The predicted octanol–water partition coefficient (Wildman–Crippen LogP) is 19.7. The van der Waals surface area contributed by atoms with Crippen LogP contribution in [0.3, 0.4) is 0 Å². The molecule has 1 saturated carbocycles. The van der Waals surface area contributed by atoms with E-state index in [-0.39, 0.29) is 0 Å². The molecule has 77 heavy (non-hydrogen) atoms. The van der Waals surface area contributed by atoms with Gasteiger partial charge in [-0.05, 0) is 141 Å². The van der Waals surface area contributed by atoms with Crippen molar-refractivity contribution >= 4 is 50.2 Å². The van der Waals surface area contributed by atoms with Crippen LogP contribution in [0.5, 0.6) is 11.5 Å². The molecule has 0 N–H and O–H groups in total. The second-order valence-electron chi connectivity index (χ2n) is 21.9. The molecule has 0 radical (unpaired) electrons. The molecule has 1 spiro atoms. The number of hydrogen-bond donors (Lipinski definition) is 0. The van der Waals surface area contributed by atoms with E-state index in [4.69, 9.17) is 9.15 Å². The number of furan rings is 1. The number of benzene rings is 10. The maximum Gasteiger partial charge on any atom is 0.143 e. The fourth-order valence-corrected chi connectivity index (χ4v) is 14.9. The quantitative estimate of drug-likeness (QED) is 0.159. The third-order valence-electron chi connectivity index (χ3n) is 18.0. The van der Waals surface area contributed by atoms with Crippen molar-refractivity contribution in [3.63, 3.8) is 0 Å². The van der Waals surface area contributed by atoms with Crippen LogP contribution in [0.25, 0.3) is 61.0 Å². The van der Waals surface area contributed by atoms with Crippen LogP contribution in [-0.4, -0.2) is 0 Å². The summed E-state index contributed by atoms with van der Waals surface area (Å²) in [5.74, 6) is 2.26. The van der Waals surface area contributed by atoms with Crippen molar-refractivity contribution in [1.29, 1.82) is 0 Å². The Labute approximate surface area is 449 Å². The molecule has 3 nitrogen and oxygen atoms in total. The summed E-state index contributed by atoms with van der Waals surface area (Å²) in [6, 6.07) is 79.3. The molecule has 0 saturated heterocycles. The number of fused-ring (bicyclic) bond motifs is 17. The summed E-state index contributed by atoms with van der Waals surface area (Å²) >= 11 is 0. The first-order valence-corrected chi connectivity index (χ1v) is 27.8. The van der Waals surface area contributed by atoms with Crippen molar-refractivity contribution in [2.24, 2.45) is 0 Å². The van der Waals surface area contributed by atoms with Gasteiger partial charge in [-0.15, -0.1) is 0 Å². The molecule has 1 aromatic heterocycles. The first kappa shape index (κ1) is 44.4. The SMILES string of the molecule is C1=CC(C2(c3ccccc3N(C=Cc3cc4ccccc4c4oc5ccccc5c34)c3cc(C4CCCCC4)c4c(c3)C3(c5ccccc5O4)c4ccccc4-c4ccccc43)c3ccccc3-c3ccccc32)=CCC1. The highest BCUT2D eigenvalue weighted by Gasteiger charge is 2.53. The van der Waals surface area contributed by atoms with Crippen molar-refractivity contribution in [2.45, 2.75) is 61.7 Å². The third-order valence-corrected chi connectivity index (χ3v) is 18.0. The molecule has 0 amide bonds. The lowest BCUT2D eigenvalue weighted by atomic mass is 9.65. The molecule has 16 rings (SSSR count). The van der Waals surface area contributed by atoms with E-state index < -0.39 is 10.8 Å². The van der Waals surface area contributed by atoms with Gasteiger partial charge in [-0.2, -0.15) is 0 Å². The van der Waals surface area contributed by atoms with Gasteiger partial charge in [0, 0.05) is 44.7 Å². The van der Waals surface area contributed by atoms with Gasteiger partial charge in [-0.3, -0.25) is 0 Å². The summed E-state index contributed by atoms with van der Waals surface area (Å²) in [6.45, 7) is 0. The highest BCUT2D eigenvalue weighted by atomic mass is 16.5. The minimum Gasteiger partial charge on any atom is -0.456 e. The van der Waals surface area contributed by atoms with Crippen LogP contribution in [0.15, 0.2) is 247 Å². The molecule has 0 bridgehead atoms. The number of anilines is 2. The van der Waals surface area contributed by atoms with Crippen molar-refractivity contribution in [3.8, 4) is 33.8 Å². The number of ether oxygens (including phenoxy) is 1. The zero-order valence-corrected chi connectivity index (χ0v) is 42.9. The molecule has 11 aromatic rings. The number of allylic oxidation sites excluding steroid dienone is 4. The van der Waals surface area contributed by atoms with E-state index in [0.29, 0.717) is 5.92 Å². The van der Waals surface area contributed by atoms with Gasteiger partial charge >= 0.3 is 0 Å². The lowest BCUT2D eigenvalue weighted by Gasteiger charge is -2.42. The largest absolute Gasteiger partial charge is 0.456 e. The summed E-state index contributed by atoms with van der Waals surface area (Å²) in [5, 5.41) is 4.48. The Balaban J connectivity index is 1.03. The van der Waals surface area contributed by atoms with E-state index in [1.165, 1.54) is 91.6 Å². The zero-order valence-electron chi connectivity index (χ0n) is 42.9. The second-order valence-corrected chi connectivity index (χ2v) is 21.9. The van der Waals surface area contributed by atoms with E-state index in [9.17, 15) is 0 Å². The topological polar surface area (TPSA) is 25.6 Å². The van der Waals surface area contributed by atoms with E-state index in [2.05, 4.69) is 248 Å². The molecule has 2 heterocycles. The van der Waals surface area contributed by atoms with E-state index in [1.54, 1.807) is 0 Å². The van der Waals surface area contributed by atoms with Gasteiger partial charge in [0.1, 0.15) is 22.7 Å². The minimum atomic E-state index is -0.645. The van der Waals surface area contributed by atoms with E-state index in [1.807, 2.05) is 0 Å². The Kier molecular flexibility index (Phi) is 9.98. The standard InChI is InChI=1S/C74H55NO2/c1-3-23-48(24-4-1)59-46-52(47-66-71(59)77-69-42-22-19-39-65(69)74(66)62-36-16-11-31-56(62)57-32-12-17-37-63(57)74)75(44-43-50-45-49-25-7-8-28-53(49)72-70(50)58-33-13-21-41-68(58)76-72)67-40-20-18-38-64(67)73(51-26-5-2-6-27-51)60-34-14-9-29-54(60)55-30-10-15-35-61(55)73/h5,7-22,25-48H,1-4,6,23-24H2. The van der Waals surface area contributed by atoms with Gasteiger partial charge in [-0.1, -0.05) is 213 Å². The highest BCUT2D eigenvalue weighted by Crippen LogP contribution is 2.65. The Bertz CT molecular complexity index is 4240. The molecular formula is C74H55NO2. The van der Waals surface area contributed by atoms with Crippen LogP contribution in [-0.2, 0) is 10.8 Å². The summed E-state index contributed by atoms with van der Waals surface area (Å²) < 4.78 is 14.3. The van der Waals surface area contributed by atoms with Crippen molar-refractivity contribution in [3.05, 3.63) is 292 Å². The minimum absolute atomic E-state index is 0.322. The van der Waals surface area contributed by atoms with Crippen LogP contribution in [0.2, 0.25) is 0 Å². The van der Waals surface area contributed by atoms with Crippen LogP contribution < -0.4 is 9.64 Å². The van der Waals surface area contributed by atoms with Gasteiger partial charge in [0.25, 0.3) is 0 Å². The number of nitrogens with zero attached hydrogens (tertiary/aromatic N) is 1. The van der Waals surface area contributed by atoms with Crippen LogP contribution in [0.1, 0.15) is 101 Å². The van der Waals surface area contributed by atoms with E-state index >= 15 is 0 Å². The maximum absolute atomic E-state index is 7.49. The third kappa shape index (κ3) is 6.32. The number of hydrogen-bond acceptors (Lipinski definition) is 3. The molecule has 3 heteroatoms. The smallest absolute Gasteiger partial charge is 0.143 e. The predicted molar refractivity (Wildman–Crippen MR) is 317 cm³/mol. The molecule has 0 unspecified atom stereocenters. The summed E-state index contributed by atoms with van der Waals surface area (Å²) in [5.41, 5.74) is 20.4.